The molecule has 2 N–H and O–H groups in total. The molecule has 0 unspecified atom stereocenters. The van der Waals surface area contributed by atoms with Gasteiger partial charge in [0.05, 0.1) is 17.6 Å². The standard InChI is InChI=1S/C14H17NO4/c1-3-19-12-7-11(12)13(16)15-9-5-4-8(2)10(6-9)14(17)18/h4-6,11-12H,3,7H2,1-2H3,(H,15,16)(H,17,18)/t11-,12-/m1/s1. The second kappa shape index (κ2) is 5.40. The van der Waals surface area contributed by atoms with Gasteiger partial charge in [-0.25, -0.2) is 4.79 Å². The van der Waals surface area contributed by atoms with Crippen LogP contribution in [0.5, 0.6) is 0 Å². The summed E-state index contributed by atoms with van der Waals surface area (Å²) in [5.74, 6) is -1.22. The van der Waals surface area contributed by atoms with E-state index in [2.05, 4.69) is 5.32 Å². The third-order valence-corrected chi connectivity index (χ3v) is 3.18. The Kier molecular flexibility index (Phi) is 3.85. The first-order chi connectivity index (χ1) is 9.02. The molecule has 2 rings (SSSR count). The number of amides is 1. The second-order valence-corrected chi connectivity index (χ2v) is 4.66. The number of carbonyl (C=O) groups excluding carboxylic acids is 1. The molecule has 0 saturated heterocycles. The van der Waals surface area contributed by atoms with Crippen molar-refractivity contribution >= 4 is 17.6 Å². The van der Waals surface area contributed by atoms with E-state index in [9.17, 15) is 9.59 Å². The summed E-state index contributed by atoms with van der Waals surface area (Å²) in [6, 6.07) is 4.87. The lowest BCUT2D eigenvalue weighted by molar-refractivity contribution is -0.118. The number of carboxylic acid groups (broad SMARTS) is 1. The first kappa shape index (κ1) is 13.5. The van der Waals surface area contributed by atoms with Gasteiger partial charge >= 0.3 is 5.97 Å². The predicted octanol–water partition coefficient (Wildman–Crippen LogP) is 2.06. The fourth-order valence-electron chi connectivity index (χ4n) is 2.01. The number of anilines is 1. The Morgan fingerprint density at radius 1 is 1.47 bits per heavy atom. The molecule has 1 fully saturated rings. The van der Waals surface area contributed by atoms with Crippen LogP contribution in [0.4, 0.5) is 5.69 Å². The highest BCUT2D eigenvalue weighted by atomic mass is 16.5. The molecule has 1 aliphatic rings. The van der Waals surface area contributed by atoms with Crippen molar-refractivity contribution < 1.29 is 19.4 Å². The van der Waals surface area contributed by atoms with Crippen LogP contribution in [-0.4, -0.2) is 29.7 Å². The van der Waals surface area contributed by atoms with E-state index >= 15 is 0 Å². The van der Waals surface area contributed by atoms with Gasteiger partial charge in [0.2, 0.25) is 5.91 Å². The fourth-order valence-corrected chi connectivity index (χ4v) is 2.01. The average Bonchev–Trinajstić information content (AvgIpc) is 3.11. The summed E-state index contributed by atoms with van der Waals surface area (Å²) in [4.78, 5) is 22.9. The van der Waals surface area contributed by atoms with Crippen LogP contribution in [0.2, 0.25) is 0 Å². The molecule has 5 nitrogen and oxygen atoms in total. The summed E-state index contributed by atoms with van der Waals surface area (Å²) in [5, 5.41) is 11.8. The molecular weight excluding hydrogens is 246 g/mol. The Balaban J connectivity index is 2.02. The molecule has 0 bridgehead atoms. The lowest BCUT2D eigenvalue weighted by Crippen LogP contribution is -2.17. The predicted molar refractivity (Wildman–Crippen MR) is 70.3 cm³/mol. The third kappa shape index (κ3) is 3.12. The maximum atomic E-state index is 11.9. The Hall–Kier alpha value is -1.88. The topological polar surface area (TPSA) is 75.6 Å². The zero-order valence-electron chi connectivity index (χ0n) is 11.0. The largest absolute Gasteiger partial charge is 0.478 e. The highest BCUT2D eigenvalue weighted by molar-refractivity contribution is 5.97. The summed E-state index contributed by atoms with van der Waals surface area (Å²) >= 11 is 0. The van der Waals surface area contributed by atoms with Crippen molar-refractivity contribution in [3.05, 3.63) is 29.3 Å². The molecule has 0 aliphatic heterocycles. The van der Waals surface area contributed by atoms with Crippen LogP contribution in [0, 0.1) is 12.8 Å². The smallest absolute Gasteiger partial charge is 0.336 e. The monoisotopic (exact) mass is 263 g/mol. The van der Waals surface area contributed by atoms with E-state index in [0.29, 0.717) is 17.9 Å². The minimum absolute atomic E-state index is 0.00870. The van der Waals surface area contributed by atoms with E-state index in [0.717, 1.165) is 6.42 Å². The lowest BCUT2D eigenvalue weighted by atomic mass is 10.1. The van der Waals surface area contributed by atoms with Crippen molar-refractivity contribution in [3.8, 4) is 0 Å². The van der Waals surface area contributed by atoms with E-state index < -0.39 is 5.97 Å². The summed E-state index contributed by atoms with van der Waals surface area (Å²) in [7, 11) is 0. The Bertz CT molecular complexity index is 512. The maximum Gasteiger partial charge on any atom is 0.336 e. The fraction of sp³-hybridized carbons (Fsp3) is 0.429. The van der Waals surface area contributed by atoms with Crippen molar-refractivity contribution in [1.29, 1.82) is 0 Å². The molecular formula is C14H17NO4. The SMILES string of the molecule is CCO[C@@H]1C[C@H]1C(=O)Nc1ccc(C)c(C(=O)O)c1. The van der Waals surface area contributed by atoms with Crippen LogP contribution in [-0.2, 0) is 9.53 Å². The van der Waals surface area contributed by atoms with Gasteiger partial charge in [-0.3, -0.25) is 4.79 Å². The number of hydrogen-bond donors (Lipinski definition) is 2. The first-order valence-electron chi connectivity index (χ1n) is 6.29. The number of nitrogens with one attached hydrogen (secondary N) is 1. The van der Waals surface area contributed by atoms with E-state index in [1.807, 2.05) is 6.92 Å². The number of aromatic carboxylic acids is 1. The van der Waals surface area contributed by atoms with Crippen LogP contribution in [0.25, 0.3) is 0 Å². The number of rotatable bonds is 5. The molecule has 1 amide bonds. The van der Waals surface area contributed by atoms with Gasteiger partial charge in [0.25, 0.3) is 0 Å². The zero-order chi connectivity index (χ0) is 14.0. The van der Waals surface area contributed by atoms with Crippen molar-refractivity contribution in [1.82, 2.24) is 0 Å². The van der Waals surface area contributed by atoms with Crippen LogP contribution in [0.1, 0.15) is 29.3 Å². The van der Waals surface area contributed by atoms with Gasteiger partial charge in [-0.15, -0.1) is 0 Å². The number of benzene rings is 1. The molecule has 5 heteroatoms. The molecule has 0 aromatic heterocycles. The number of ether oxygens (including phenoxy) is 1. The second-order valence-electron chi connectivity index (χ2n) is 4.66. The molecule has 102 valence electrons. The van der Waals surface area contributed by atoms with E-state index in [-0.39, 0.29) is 23.5 Å². The summed E-state index contributed by atoms with van der Waals surface area (Å²) < 4.78 is 5.35. The van der Waals surface area contributed by atoms with Crippen molar-refractivity contribution in [2.45, 2.75) is 26.4 Å². The van der Waals surface area contributed by atoms with Gasteiger partial charge in [-0.1, -0.05) is 6.07 Å². The Morgan fingerprint density at radius 3 is 2.84 bits per heavy atom. The minimum Gasteiger partial charge on any atom is -0.478 e. The Morgan fingerprint density at radius 2 is 2.21 bits per heavy atom. The Labute approximate surface area is 111 Å². The van der Waals surface area contributed by atoms with Gasteiger partial charge in [-0.2, -0.15) is 0 Å². The van der Waals surface area contributed by atoms with Crippen molar-refractivity contribution in [3.63, 3.8) is 0 Å². The molecule has 19 heavy (non-hydrogen) atoms. The third-order valence-electron chi connectivity index (χ3n) is 3.18. The summed E-state index contributed by atoms with van der Waals surface area (Å²) in [6.07, 6.45) is 0.742. The van der Waals surface area contributed by atoms with Crippen molar-refractivity contribution in [2.24, 2.45) is 5.92 Å². The lowest BCUT2D eigenvalue weighted by Gasteiger charge is -2.07. The van der Waals surface area contributed by atoms with Gasteiger partial charge < -0.3 is 15.2 Å². The van der Waals surface area contributed by atoms with E-state index in [1.165, 1.54) is 6.07 Å². The molecule has 1 aromatic rings. The number of hydrogen-bond acceptors (Lipinski definition) is 3. The van der Waals surface area contributed by atoms with E-state index in [4.69, 9.17) is 9.84 Å². The molecule has 1 aliphatic carbocycles. The van der Waals surface area contributed by atoms with Gasteiger partial charge in [-0.05, 0) is 38.0 Å². The van der Waals surface area contributed by atoms with Crippen molar-refractivity contribution in [2.75, 3.05) is 11.9 Å². The minimum atomic E-state index is -0.993. The molecule has 0 heterocycles. The molecule has 0 spiro atoms. The number of aryl methyl sites for hydroxylation is 1. The van der Waals surface area contributed by atoms with Crippen LogP contribution in [0.3, 0.4) is 0 Å². The maximum absolute atomic E-state index is 11.9. The van der Waals surface area contributed by atoms with Crippen LogP contribution in [0.15, 0.2) is 18.2 Å². The summed E-state index contributed by atoms with van der Waals surface area (Å²) in [6.45, 7) is 4.22. The van der Waals surface area contributed by atoms with Gasteiger partial charge in [0.1, 0.15) is 0 Å². The van der Waals surface area contributed by atoms with Crippen LogP contribution >= 0.6 is 0 Å². The van der Waals surface area contributed by atoms with Gasteiger partial charge in [0.15, 0.2) is 0 Å². The molecule has 0 radical (unpaired) electrons. The van der Waals surface area contributed by atoms with Gasteiger partial charge in [0, 0.05) is 12.3 Å². The summed E-state index contributed by atoms with van der Waals surface area (Å²) in [5.41, 5.74) is 1.38. The number of carbonyl (C=O) groups is 2. The highest BCUT2D eigenvalue weighted by Crippen LogP contribution is 2.34. The molecule has 1 aromatic carbocycles. The average molecular weight is 263 g/mol. The molecule has 1 saturated carbocycles. The molecule has 2 atom stereocenters. The highest BCUT2D eigenvalue weighted by Gasteiger charge is 2.43. The first-order valence-corrected chi connectivity index (χ1v) is 6.29. The van der Waals surface area contributed by atoms with Crippen LogP contribution < -0.4 is 5.32 Å². The number of carboxylic acids is 1. The normalized spacial score (nSPS) is 20.9. The van der Waals surface area contributed by atoms with E-state index in [1.54, 1.807) is 19.1 Å². The quantitative estimate of drug-likeness (QED) is 0.852. The zero-order valence-corrected chi connectivity index (χ0v) is 11.0.